The van der Waals surface area contributed by atoms with Crippen molar-refractivity contribution in [2.24, 2.45) is 0 Å². The number of ether oxygens (including phenoxy) is 3. The fourth-order valence-corrected chi connectivity index (χ4v) is 6.94. The molecule has 0 saturated carbocycles. The summed E-state index contributed by atoms with van der Waals surface area (Å²) in [5, 5.41) is 11.4. The highest BCUT2D eigenvalue weighted by Crippen LogP contribution is 2.40. The van der Waals surface area contributed by atoms with Crippen LogP contribution in [0.2, 0.25) is 0 Å². The molecule has 1 amide bonds. The van der Waals surface area contributed by atoms with Crippen LogP contribution in [-0.2, 0) is 29.1 Å². The summed E-state index contributed by atoms with van der Waals surface area (Å²) in [4.78, 5) is 30.6. The standard InChI is InChI=1S/C30H37N3O8S/c1-2-41-24-8-4-22(5-9-24)27-26(29(35)30(36)33(27)13-3-12-31-14-18-39-19-15-31)28(34)23-6-10-25(11-7-23)42(37,38)32-16-20-40-21-17-32/h4-11,27,34H,2-3,12-21H2,1H3/b28-26-. The van der Waals surface area contributed by atoms with Crippen molar-refractivity contribution in [3.05, 3.63) is 65.2 Å². The molecule has 2 aromatic rings. The molecule has 42 heavy (non-hydrogen) atoms. The highest BCUT2D eigenvalue weighted by Gasteiger charge is 2.46. The van der Waals surface area contributed by atoms with Crippen LogP contribution in [0.4, 0.5) is 0 Å². The molecule has 3 aliphatic rings. The van der Waals surface area contributed by atoms with Crippen LogP contribution in [0.15, 0.2) is 59.0 Å². The summed E-state index contributed by atoms with van der Waals surface area (Å²) in [6.45, 7) is 7.62. The van der Waals surface area contributed by atoms with E-state index in [0.717, 1.165) is 19.6 Å². The maximum atomic E-state index is 13.4. The number of sulfonamides is 1. The monoisotopic (exact) mass is 599 g/mol. The van der Waals surface area contributed by atoms with Crippen molar-refractivity contribution in [1.82, 2.24) is 14.1 Å². The summed E-state index contributed by atoms with van der Waals surface area (Å²) in [7, 11) is -3.73. The van der Waals surface area contributed by atoms with Gasteiger partial charge in [0.25, 0.3) is 11.7 Å². The maximum absolute atomic E-state index is 13.4. The van der Waals surface area contributed by atoms with Gasteiger partial charge in [0.15, 0.2) is 0 Å². The Morgan fingerprint density at radius 2 is 1.52 bits per heavy atom. The van der Waals surface area contributed by atoms with Crippen LogP contribution in [0.5, 0.6) is 5.75 Å². The smallest absolute Gasteiger partial charge is 0.295 e. The lowest BCUT2D eigenvalue weighted by Crippen LogP contribution is -2.40. The van der Waals surface area contributed by atoms with Gasteiger partial charge in [0.05, 0.1) is 49.5 Å². The number of aliphatic hydroxyl groups excluding tert-OH is 1. The SMILES string of the molecule is CCOc1ccc(C2/C(=C(/O)c3ccc(S(=O)(=O)N4CCOCC4)cc3)C(=O)C(=O)N2CCCN2CCOCC2)cc1. The second-order valence-electron chi connectivity index (χ2n) is 10.3. The summed E-state index contributed by atoms with van der Waals surface area (Å²) >= 11 is 0. The van der Waals surface area contributed by atoms with Crippen molar-refractivity contribution in [3.8, 4) is 5.75 Å². The molecule has 0 bridgehead atoms. The van der Waals surface area contributed by atoms with Crippen LogP contribution in [0.1, 0.15) is 30.5 Å². The predicted molar refractivity (Wildman–Crippen MR) is 155 cm³/mol. The maximum Gasteiger partial charge on any atom is 0.295 e. The Balaban J connectivity index is 1.45. The van der Waals surface area contributed by atoms with Crippen LogP contribution >= 0.6 is 0 Å². The highest BCUT2D eigenvalue weighted by molar-refractivity contribution is 7.89. The van der Waals surface area contributed by atoms with Crippen LogP contribution in [-0.4, -0.2) is 112 Å². The molecule has 1 atom stereocenters. The van der Waals surface area contributed by atoms with Gasteiger partial charge < -0.3 is 24.2 Å². The second-order valence-corrected chi connectivity index (χ2v) is 12.3. The van der Waals surface area contributed by atoms with E-state index in [0.29, 0.717) is 57.3 Å². The number of carbonyl (C=O) groups is 2. The fraction of sp³-hybridized carbons (Fsp3) is 0.467. The van der Waals surface area contributed by atoms with E-state index in [2.05, 4.69) is 4.90 Å². The number of likely N-dealkylation sites (tertiary alicyclic amines) is 1. The molecule has 11 nitrogen and oxygen atoms in total. The molecule has 3 aliphatic heterocycles. The molecule has 3 saturated heterocycles. The van der Waals surface area contributed by atoms with Crippen molar-refractivity contribution in [3.63, 3.8) is 0 Å². The molecule has 0 aromatic heterocycles. The van der Waals surface area contributed by atoms with E-state index in [9.17, 15) is 23.1 Å². The Hall–Kier alpha value is -3.29. The number of hydrogen-bond donors (Lipinski definition) is 1. The van der Waals surface area contributed by atoms with Gasteiger partial charge >= 0.3 is 0 Å². The number of amides is 1. The zero-order valence-corrected chi connectivity index (χ0v) is 24.6. The van der Waals surface area contributed by atoms with Crippen LogP contribution in [0.3, 0.4) is 0 Å². The highest BCUT2D eigenvalue weighted by atomic mass is 32.2. The number of Topliss-reactive ketones (excluding diaryl/α,β-unsaturated/α-hetero) is 1. The van der Waals surface area contributed by atoms with Crippen molar-refractivity contribution < 1.29 is 37.3 Å². The van der Waals surface area contributed by atoms with Gasteiger partial charge in [0.2, 0.25) is 10.0 Å². The first-order valence-corrected chi connectivity index (χ1v) is 15.7. The molecule has 0 radical (unpaired) electrons. The molecule has 0 aliphatic carbocycles. The molecule has 2 aromatic carbocycles. The van der Waals surface area contributed by atoms with E-state index in [1.54, 1.807) is 24.3 Å². The van der Waals surface area contributed by atoms with Gasteiger partial charge in [0, 0.05) is 44.8 Å². The van der Waals surface area contributed by atoms with E-state index in [4.69, 9.17) is 14.2 Å². The Morgan fingerprint density at radius 1 is 0.905 bits per heavy atom. The summed E-state index contributed by atoms with van der Waals surface area (Å²) in [5.41, 5.74) is 0.884. The van der Waals surface area contributed by atoms with Gasteiger partial charge in [-0.1, -0.05) is 12.1 Å². The molecule has 0 spiro atoms. The lowest BCUT2D eigenvalue weighted by Gasteiger charge is -2.29. The first-order chi connectivity index (χ1) is 20.3. The summed E-state index contributed by atoms with van der Waals surface area (Å²) in [6.07, 6.45) is 0.648. The number of aliphatic hydroxyl groups is 1. The van der Waals surface area contributed by atoms with Crippen LogP contribution in [0, 0.1) is 0 Å². The Bertz CT molecular complexity index is 1400. The number of carbonyl (C=O) groups excluding carboxylic acids is 2. The minimum Gasteiger partial charge on any atom is -0.507 e. The van der Waals surface area contributed by atoms with E-state index in [1.165, 1.54) is 33.5 Å². The van der Waals surface area contributed by atoms with E-state index < -0.39 is 27.8 Å². The summed E-state index contributed by atoms with van der Waals surface area (Å²) in [5.74, 6) is -1.15. The minimum atomic E-state index is -3.73. The van der Waals surface area contributed by atoms with E-state index in [-0.39, 0.29) is 34.9 Å². The number of benzene rings is 2. The topological polar surface area (TPSA) is 126 Å². The quantitative estimate of drug-likeness (QED) is 0.249. The van der Waals surface area contributed by atoms with Gasteiger partial charge in [-0.15, -0.1) is 0 Å². The molecular formula is C30H37N3O8S. The summed E-state index contributed by atoms with van der Waals surface area (Å²) in [6, 6.07) is 12.1. The third kappa shape index (κ3) is 6.37. The van der Waals surface area contributed by atoms with Gasteiger partial charge in [-0.05, 0) is 55.3 Å². The van der Waals surface area contributed by atoms with Crippen LogP contribution in [0.25, 0.3) is 5.76 Å². The predicted octanol–water partition coefficient (Wildman–Crippen LogP) is 2.25. The molecule has 1 N–H and O–H groups in total. The zero-order chi connectivity index (χ0) is 29.7. The van der Waals surface area contributed by atoms with Crippen molar-refractivity contribution in [2.75, 3.05) is 72.3 Å². The lowest BCUT2D eigenvalue weighted by atomic mass is 9.95. The Labute approximate surface area is 246 Å². The Morgan fingerprint density at radius 3 is 2.14 bits per heavy atom. The number of hydrogen-bond acceptors (Lipinski definition) is 9. The molecule has 3 heterocycles. The molecule has 12 heteroatoms. The molecule has 226 valence electrons. The average molecular weight is 600 g/mol. The first kappa shape index (κ1) is 30.2. The first-order valence-electron chi connectivity index (χ1n) is 14.3. The fourth-order valence-electron chi connectivity index (χ4n) is 5.54. The Kier molecular flexibility index (Phi) is 9.59. The van der Waals surface area contributed by atoms with Crippen molar-refractivity contribution in [2.45, 2.75) is 24.3 Å². The van der Waals surface area contributed by atoms with E-state index in [1.807, 2.05) is 6.92 Å². The molecule has 3 fully saturated rings. The third-order valence-electron chi connectivity index (χ3n) is 7.76. The third-order valence-corrected chi connectivity index (χ3v) is 9.67. The zero-order valence-electron chi connectivity index (χ0n) is 23.7. The van der Waals surface area contributed by atoms with Crippen LogP contribution < -0.4 is 4.74 Å². The molecule has 5 rings (SSSR count). The minimum absolute atomic E-state index is 0.0284. The summed E-state index contributed by atoms with van der Waals surface area (Å²) < 4.78 is 43.7. The van der Waals surface area contributed by atoms with Gasteiger partial charge in [-0.2, -0.15) is 4.31 Å². The number of morpholine rings is 2. The molecule has 1 unspecified atom stereocenters. The normalized spacial score (nSPS) is 22.0. The lowest BCUT2D eigenvalue weighted by molar-refractivity contribution is -0.140. The largest absolute Gasteiger partial charge is 0.507 e. The number of rotatable bonds is 10. The number of nitrogens with zero attached hydrogens (tertiary/aromatic N) is 3. The number of ketones is 1. The second kappa shape index (κ2) is 13.3. The average Bonchev–Trinajstić information content (AvgIpc) is 3.27. The van der Waals surface area contributed by atoms with Crippen molar-refractivity contribution >= 4 is 27.5 Å². The molecular weight excluding hydrogens is 562 g/mol. The van der Waals surface area contributed by atoms with Gasteiger partial charge in [-0.3, -0.25) is 14.5 Å². The van der Waals surface area contributed by atoms with E-state index >= 15 is 0 Å². The van der Waals surface area contributed by atoms with Gasteiger partial charge in [0.1, 0.15) is 11.5 Å². The van der Waals surface area contributed by atoms with Gasteiger partial charge in [-0.25, -0.2) is 8.42 Å². The van der Waals surface area contributed by atoms with Crippen molar-refractivity contribution in [1.29, 1.82) is 0 Å².